The third-order valence-electron chi connectivity index (χ3n) is 0.357. The minimum absolute atomic E-state index is 0.302. The zero-order valence-electron chi connectivity index (χ0n) is 3.53. The minimum atomic E-state index is -1.04. The normalized spacial score (nSPS) is 13.4. The second-order valence-electron chi connectivity index (χ2n) is 1.08. The fourth-order valence-electron chi connectivity index (χ4n) is 0.156. The van der Waals surface area contributed by atoms with Gasteiger partial charge in [0, 0.05) is 0 Å². The lowest BCUT2D eigenvalue weighted by molar-refractivity contribution is -0.138. The predicted molar refractivity (Wildman–Crippen MR) is 27.2 cm³/mol. The van der Waals surface area contributed by atoms with Gasteiger partial charge in [0.1, 0.15) is 5.44 Å². The summed E-state index contributed by atoms with van der Waals surface area (Å²) >= 11 is 3.41. The molecule has 0 radical (unpaired) electrons. The summed E-state index contributed by atoms with van der Waals surface area (Å²) in [5.74, 6) is -1.04. The molecule has 0 aliphatic heterocycles. The lowest BCUT2D eigenvalue weighted by Gasteiger charge is -1.93. The molecule has 7 heavy (non-hydrogen) atoms. The Morgan fingerprint density at radius 1 is 1.86 bits per heavy atom. The minimum Gasteiger partial charge on any atom is -0.481 e. The van der Waals surface area contributed by atoms with Gasteiger partial charge in [0.05, 0.1) is 6.42 Å². The van der Waals surface area contributed by atoms with Crippen LogP contribution in [0.15, 0.2) is 0 Å². The van der Waals surface area contributed by atoms with Gasteiger partial charge in [-0.25, -0.2) is 0 Å². The lowest BCUT2D eigenvalue weighted by atomic mass is 10.5. The maximum atomic E-state index is 9.60. The van der Waals surface area contributed by atoms with Crippen molar-refractivity contribution < 1.29 is 15.0 Å². The summed E-state index contributed by atoms with van der Waals surface area (Å²) in [6.07, 6.45) is -0.302. The molecule has 1 unspecified atom stereocenters. The largest absolute Gasteiger partial charge is 0.481 e. The van der Waals surface area contributed by atoms with E-state index in [4.69, 9.17) is 10.2 Å². The predicted octanol–water partition coefficient (Wildman–Crippen LogP) is -0.291. The SMILES string of the molecule is O=C(O)CC(O)S. The van der Waals surface area contributed by atoms with Gasteiger partial charge in [-0.2, -0.15) is 0 Å². The van der Waals surface area contributed by atoms with Crippen LogP contribution in [0.3, 0.4) is 0 Å². The molecule has 1 atom stereocenters. The Hall–Kier alpha value is -0.220. The second kappa shape index (κ2) is 2.87. The zero-order chi connectivity index (χ0) is 5.86. The van der Waals surface area contributed by atoms with E-state index in [-0.39, 0.29) is 6.42 Å². The van der Waals surface area contributed by atoms with Crippen molar-refractivity contribution in [3.63, 3.8) is 0 Å². The summed E-state index contributed by atoms with van der Waals surface area (Å²) in [5.41, 5.74) is -1.03. The van der Waals surface area contributed by atoms with Crippen LogP contribution in [0.5, 0.6) is 0 Å². The van der Waals surface area contributed by atoms with Crippen LogP contribution in [0.25, 0.3) is 0 Å². The Morgan fingerprint density at radius 2 is 2.29 bits per heavy atom. The Kier molecular flexibility index (Phi) is 2.78. The number of carboxylic acid groups (broad SMARTS) is 1. The van der Waals surface area contributed by atoms with Crippen LogP contribution >= 0.6 is 12.6 Å². The molecule has 0 fully saturated rings. The average Bonchev–Trinajstić information content (AvgIpc) is 1.27. The van der Waals surface area contributed by atoms with Crippen LogP contribution in [0.2, 0.25) is 0 Å². The first-order chi connectivity index (χ1) is 3.13. The van der Waals surface area contributed by atoms with Gasteiger partial charge >= 0.3 is 5.97 Å². The van der Waals surface area contributed by atoms with Crippen molar-refractivity contribution >= 4 is 18.6 Å². The third-order valence-corrected chi connectivity index (χ3v) is 0.540. The van der Waals surface area contributed by atoms with E-state index in [9.17, 15) is 4.79 Å². The highest BCUT2D eigenvalue weighted by atomic mass is 32.1. The smallest absolute Gasteiger partial charge is 0.306 e. The summed E-state index contributed by atoms with van der Waals surface area (Å²) in [6.45, 7) is 0. The zero-order valence-corrected chi connectivity index (χ0v) is 4.43. The van der Waals surface area contributed by atoms with Crippen molar-refractivity contribution in [3.8, 4) is 0 Å². The molecule has 0 amide bonds. The van der Waals surface area contributed by atoms with E-state index in [2.05, 4.69) is 12.6 Å². The van der Waals surface area contributed by atoms with E-state index < -0.39 is 11.4 Å². The first-order valence-corrected chi connectivity index (χ1v) is 2.22. The number of aliphatic hydroxyl groups is 1. The highest BCUT2D eigenvalue weighted by Crippen LogP contribution is 1.93. The van der Waals surface area contributed by atoms with Crippen molar-refractivity contribution in [2.75, 3.05) is 0 Å². The van der Waals surface area contributed by atoms with E-state index in [0.717, 1.165) is 0 Å². The molecule has 0 bridgehead atoms. The Labute approximate surface area is 46.4 Å². The van der Waals surface area contributed by atoms with E-state index in [1.807, 2.05) is 0 Å². The van der Waals surface area contributed by atoms with E-state index in [1.54, 1.807) is 0 Å². The van der Waals surface area contributed by atoms with Gasteiger partial charge in [0.15, 0.2) is 0 Å². The first kappa shape index (κ1) is 6.78. The van der Waals surface area contributed by atoms with Gasteiger partial charge in [-0.15, -0.1) is 12.6 Å². The number of carbonyl (C=O) groups is 1. The van der Waals surface area contributed by atoms with Gasteiger partial charge in [-0.1, -0.05) is 0 Å². The summed E-state index contributed by atoms with van der Waals surface area (Å²) < 4.78 is 0. The molecular weight excluding hydrogens is 116 g/mol. The molecule has 0 aromatic carbocycles. The number of thiol groups is 1. The maximum Gasteiger partial charge on any atom is 0.306 e. The molecule has 0 spiro atoms. The van der Waals surface area contributed by atoms with E-state index in [0.29, 0.717) is 0 Å². The van der Waals surface area contributed by atoms with E-state index in [1.165, 1.54) is 0 Å². The quantitative estimate of drug-likeness (QED) is 0.348. The van der Waals surface area contributed by atoms with Crippen LogP contribution < -0.4 is 0 Å². The summed E-state index contributed by atoms with van der Waals surface area (Å²) in [5, 5.41) is 16.1. The lowest BCUT2D eigenvalue weighted by Crippen LogP contribution is -2.04. The molecule has 4 heteroatoms. The number of hydrogen-bond donors (Lipinski definition) is 3. The number of carboxylic acids is 1. The van der Waals surface area contributed by atoms with Gasteiger partial charge in [-0.05, 0) is 0 Å². The molecule has 0 aromatic rings. The standard InChI is InChI=1S/C3H6O3S/c4-2(5)1-3(6)7/h3,6-7H,1H2,(H,4,5). The van der Waals surface area contributed by atoms with Crippen molar-refractivity contribution in [2.45, 2.75) is 11.9 Å². The molecular formula is C3H6O3S. The number of hydrogen-bond acceptors (Lipinski definition) is 3. The van der Waals surface area contributed by atoms with Crippen LogP contribution in [0.1, 0.15) is 6.42 Å². The van der Waals surface area contributed by atoms with Crippen molar-refractivity contribution in [3.05, 3.63) is 0 Å². The number of aliphatic carboxylic acids is 1. The molecule has 0 saturated carbocycles. The monoisotopic (exact) mass is 122 g/mol. The van der Waals surface area contributed by atoms with Gasteiger partial charge in [0.2, 0.25) is 0 Å². The number of aliphatic hydroxyl groups excluding tert-OH is 1. The van der Waals surface area contributed by atoms with Crippen molar-refractivity contribution in [2.24, 2.45) is 0 Å². The van der Waals surface area contributed by atoms with Crippen LogP contribution in [0.4, 0.5) is 0 Å². The topological polar surface area (TPSA) is 57.5 Å². The molecule has 42 valence electrons. The van der Waals surface area contributed by atoms with Gasteiger partial charge < -0.3 is 10.2 Å². The fourth-order valence-corrected chi connectivity index (χ4v) is 0.312. The Bertz CT molecular complexity index is 70.6. The molecule has 0 aromatic heterocycles. The van der Waals surface area contributed by atoms with Crippen LogP contribution in [0, 0.1) is 0 Å². The second-order valence-corrected chi connectivity index (χ2v) is 1.67. The molecule has 0 aliphatic rings. The Morgan fingerprint density at radius 3 is 2.29 bits per heavy atom. The van der Waals surface area contributed by atoms with Crippen LogP contribution in [-0.4, -0.2) is 21.6 Å². The highest BCUT2D eigenvalue weighted by molar-refractivity contribution is 7.80. The van der Waals surface area contributed by atoms with E-state index >= 15 is 0 Å². The molecule has 0 saturated heterocycles. The fraction of sp³-hybridized carbons (Fsp3) is 0.667. The summed E-state index contributed by atoms with van der Waals surface area (Å²) in [7, 11) is 0. The van der Waals surface area contributed by atoms with Crippen LogP contribution in [-0.2, 0) is 4.79 Å². The Balaban J connectivity index is 3.13. The molecule has 3 nitrogen and oxygen atoms in total. The molecule has 0 heterocycles. The highest BCUT2D eigenvalue weighted by Gasteiger charge is 2.01. The third kappa shape index (κ3) is 5.78. The van der Waals surface area contributed by atoms with Crippen molar-refractivity contribution in [1.82, 2.24) is 0 Å². The summed E-state index contributed by atoms with van der Waals surface area (Å²) in [6, 6.07) is 0. The molecule has 0 rings (SSSR count). The first-order valence-electron chi connectivity index (χ1n) is 1.71. The summed E-state index contributed by atoms with van der Waals surface area (Å²) in [4.78, 5) is 9.60. The maximum absolute atomic E-state index is 9.60. The average molecular weight is 122 g/mol. The molecule has 0 aliphatic carbocycles. The number of rotatable bonds is 2. The van der Waals surface area contributed by atoms with Crippen molar-refractivity contribution in [1.29, 1.82) is 0 Å². The molecule has 2 N–H and O–H groups in total. The van der Waals surface area contributed by atoms with Gasteiger partial charge in [-0.3, -0.25) is 4.79 Å². The van der Waals surface area contributed by atoms with Gasteiger partial charge in [0.25, 0.3) is 0 Å².